The number of hydrogen-bond donors (Lipinski definition) is 3. The molecule has 0 aliphatic carbocycles. The van der Waals surface area contributed by atoms with E-state index in [9.17, 15) is 35.9 Å². The third-order valence-electron chi connectivity index (χ3n) is 4.90. The lowest BCUT2D eigenvalue weighted by Gasteiger charge is -2.21. The Hall–Kier alpha value is -2.92. The van der Waals surface area contributed by atoms with Crippen molar-refractivity contribution in [2.24, 2.45) is 0 Å². The second-order valence-electron chi connectivity index (χ2n) is 7.22. The van der Waals surface area contributed by atoms with Gasteiger partial charge in [0.2, 0.25) is 0 Å². The molecule has 0 fully saturated rings. The van der Waals surface area contributed by atoms with E-state index in [0.717, 1.165) is 23.5 Å². The maximum absolute atomic E-state index is 13.3. The maximum atomic E-state index is 13.3. The van der Waals surface area contributed by atoms with Gasteiger partial charge in [-0.1, -0.05) is 6.07 Å². The highest BCUT2D eigenvalue weighted by atomic mass is 32.2. The second kappa shape index (κ2) is 10.2. The van der Waals surface area contributed by atoms with Crippen LogP contribution in [0.1, 0.15) is 22.5 Å². The molecule has 0 aliphatic heterocycles. The molecule has 0 saturated carbocycles. The van der Waals surface area contributed by atoms with Gasteiger partial charge in [0.25, 0.3) is 10.0 Å². The summed E-state index contributed by atoms with van der Waals surface area (Å²) >= 11 is 0.764. The zero-order chi connectivity index (χ0) is 26.9. The summed E-state index contributed by atoms with van der Waals surface area (Å²) in [5.74, 6) is -1.51. The summed E-state index contributed by atoms with van der Waals surface area (Å²) in [6.45, 7) is 0. The summed E-state index contributed by atoms with van der Waals surface area (Å²) in [6.07, 6.45) is -5.01. The van der Waals surface area contributed by atoms with Crippen LogP contribution in [0, 0.1) is 11.3 Å². The molecular weight excluding hydrogens is 544 g/mol. The molecule has 0 aliphatic rings. The van der Waals surface area contributed by atoms with Gasteiger partial charge >= 0.3 is 13.8 Å². The lowest BCUT2D eigenvalue weighted by molar-refractivity contribution is -0.137. The molecule has 3 rings (SSSR count). The number of halogens is 3. The minimum absolute atomic E-state index is 0.338. The van der Waals surface area contributed by atoms with Gasteiger partial charge in [-0.15, -0.1) is 11.3 Å². The van der Waals surface area contributed by atoms with Crippen molar-refractivity contribution in [3.63, 3.8) is 0 Å². The first kappa shape index (κ1) is 27.7. The van der Waals surface area contributed by atoms with Gasteiger partial charge in [0.05, 0.1) is 31.4 Å². The predicted octanol–water partition coefficient (Wildman–Crippen LogP) is 4.48. The van der Waals surface area contributed by atoms with Gasteiger partial charge in [0.15, 0.2) is 11.5 Å². The quantitative estimate of drug-likeness (QED) is 0.341. The molecule has 1 aromatic heterocycles. The number of rotatable bonds is 8. The smallest absolute Gasteiger partial charge is 0.417 e. The summed E-state index contributed by atoms with van der Waals surface area (Å²) in [4.78, 5) is 20.0. The molecular formula is C21H18F3N2O7PS2. The maximum Gasteiger partial charge on any atom is 0.417 e. The molecule has 2 aromatic carbocycles. The lowest BCUT2D eigenvalue weighted by atomic mass is 10.0. The molecule has 15 heteroatoms. The van der Waals surface area contributed by atoms with E-state index in [0.29, 0.717) is 28.0 Å². The van der Waals surface area contributed by atoms with E-state index >= 15 is 0 Å². The summed E-state index contributed by atoms with van der Waals surface area (Å²) in [7, 11) is -7.08. The van der Waals surface area contributed by atoms with Gasteiger partial charge < -0.3 is 19.3 Å². The van der Waals surface area contributed by atoms with E-state index in [1.165, 1.54) is 32.4 Å². The Bertz CT molecular complexity index is 1480. The third kappa shape index (κ3) is 5.89. The van der Waals surface area contributed by atoms with Crippen molar-refractivity contribution in [1.82, 2.24) is 4.72 Å². The number of methoxy groups -OCH3 is 2. The predicted molar refractivity (Wildman–Crippen MR) is 124 cm³/mol. The van der Waals surface area contributed by atoms with E-state index < -0.39 is 46.3 Å². The molecule has 0 saturated heterocycles. The fourth-order valence-corrected chi connectivity index (χ4v) is 7.10. The zero-order valence-corrected chi connectivity index (χ0v) is 21.0. The highest BCUT2D eigenvalue weighted by Crippen LogP contribution is 2.51. The SMILES string of the molecule is COc1ccc(-c2ccc(S(=O)(=O)NC(c3ccc(C#N)c(C(F)(F)F)c3)P(=O)(O)O)s2)cc1OC. The molecule has 1 atom stereocenters. The average Bonchev–Trinajstić information content (AvgIpc) is 3.32. The molecule has 0 amide bonds. The van der Waals surface area contributed by atoms with E-state index in [1.54, 1.807) is 18.2 Å². The van der Waals surface area contributed by atoms with Crippen LogP contribution in [0.15, 0.2) is 52.7 Å². The molecule has 0 radical (unpaired) electrons. The minimum atomic E-state index is -5.35. The first-order chi connectivity index (χ1) is 16.7. The average molecular weight is 562 g/mol. The summed E-state index contributed by atoms with van der Waals surface area (Å²) < 4.78 is 89.9. The number of nitriles is 1. The Kier molecular flexibility index (Phi) is 7.85. The second-order valence-corrected chi connectivity index (χ2v) is 11.9. The van der Waals surface area contributed by atoms with Gasteiger partial charge in [-0.3, -0.25) is 4.57 Å². The molecule has 9 nitrogen and oxygen atoms in total. The fourth-order valence-electron chi connectivity index (χ4n) is 3.21. The van der Waals surface area contributed by atoms with Crippen molar-refractivity contribution in [2.45, 2.75) is 16.2 Å². The van der Waals surface area contributed by atoms with Crippen LogP contribution in [0.25, 0.3) is 10.4 Å². The number of alkyl halides is 3. The van der Waals surface area contributed by atoms with E-state index in [2.05, 4.69) is 0 Å². The molecule has 36 heavy (non-hydrogen) atoms. The Morgan fingerprint density at radius 3 is 2.28 bits per heavy atom. The third-order valence-corrected chi connectivity index (χ3v) is 9.23. The van der Waals surface area contributed by atoms with E-state index in [1.807, 2.05) is 4.72 Å². The number of benzene rings is 2. The molecule has 0 spiro atoms. The summed E-state index contributed by atoms with van der Waals surface area (Å²) in [5, 5.41) is 8.94. The minimum Gasteiger partial charge on any atom is -0.493 e. The Morgan fingerprint density at radius 2 is 1.72 bits per heavy atom. The summed E-state index contributed by atoms with van der Waals surface area (Å²) in [6, 6.07) is 10.7. The Morgan fingerprint density at radius 1 is 1.06 bits per heavy atom. The molecule has 0 bridgehead atoms. The topological polar surface area (TPSA) is 146 Å². The fraction of sp³-hybridized carbons (Fsp3) is 0.190. The molecule has 1 unspecified atom stereocenters. The van der Waals surface area contributed by atoms with E-state index in [4.69, 9.17) is 14.7 Å². The van der Waals surface area contributed by atoms with Crippen LogP contribution in [0.5, 0.6) is 11.5 Å². The van der Waals surface area contributed by atoms with Crippen LogP contribution in [-0.2, 0) is 20.8 Å². The first-order valence-electron chi connectivity index (χ1n) is 9.72. The van der Waals surface area contributed by atoms with Crippen molar-refractivity contribution in [3.05, 3.63) is 65.2 Å². The number of thiophene rings is 1. The van der Waals surface area contributed by atoms with Gasteiger partial charge in [-0.2, -0.15) is 23.2 Å². The van der Waals surface area contributed by atoms with E-state index in [-0.39, 0.29) is 4.21 Å². The standard InChI is InChI=1S/C21H18F3N2O7PS2/c1-32-16-6-5-12(10-17(16)33-2)18-7-8-19(35-18)36(30,31)26-20(34(27,28)29)13-3-4-14(11-25)15(9-13)21(22,23)24/h3-10,20,26H,1-2H3,(H2,27,28,29). The van der Waals surface area contributed by atoms with Crippen LogP contribution in [-0.4, -0.2) is 32.4 Å². The van der Waals surface area contributed by atoms with Gasteiger partial charge in [-0.25, -0.2) is 8.42 Å². The van der Waals surface area contributed by atoms with Crippen LogP contribution in [0.3, 0.4) is 0 Å². The largest absolute Gasteiger partial charge is 0.493 e. The molecule has 3 N–H and O–H groups in total. The number of nitrogens with zero attached hydrogens (tertiary/aromatic N) is 1. The van der Waals surface area contributed by atoms with Crippen molar-refractivity contribution in [3.8, 4) is 28.0 Å². The number of hydrogen-bond acceptors (Lipinski definition) is 7. The number of ether oxygens (including phenoxy) is 2. The van der Waals surface area contributed by atoms with Crippen LogP contribution < -0.4 is 14.2 Å². The Balaban J connectivity index is 2.00. The van der Waals surface area contributed by atoms with Crippen molar-refractivity contribution in [1.29, 1.82) is 5.26 Å². The molecule has 3 aromatic rings. The Labute approximate surface area is 207 Å². The van der Waals surface area contributed by atoms with Crippen molar-refractivity contribution < 1.29 is 45.4 Å². The lowest BCUT2D eigenvalue weighted by Crippen LogP contribution is -2.28. The highest BCUT2D eigenvalue weighted by Gasteiger charge is 2.39. The number of sulfonamides is 1. The van der Waals surface area contributed by atoms with Crippen LogP contribution in [0.2, 0.25) is 0 Å². The molecule has 1 heterocycles. The monoisotopic (exact) mass is 562 g/mol. The molecule has 192 valence electrons. The van der Waals surface area contributed by atoms with Crippen molar-refractivity contribution >= 4 is 29.0 Å². The highest BCUT2D eigenvalue weighted by molar-refractivity contribution is 7.92. The van der Waals surface area contributed by atoms with Crippen LogP contribution in [0.4, 0.5) is 13.2 Å². The summed E-state index contributed by atoms with van der Waals surface area (Å²) in [5.41, 5.74) is -2.33. The van der Waals surface area contributed by atoms with Gasteiger partial charge in [-0.05, 0) is 53.6 Å². The van der Waals surface area contributed by atoms with Crippen LogP contribution >= 0.6 is 18.9 Å². The number of nitrogens with one attached hydrogen (secondary N) is 1. The van der Waals surface area contributed by atoms with Gasteiger partial charge in [0, 0.05) is 4.88 Å². The zero-order valence-electron chi connectivity index (χ0n) is 18.5. The van der Waals surface area contributed by atoms with Crippen molar-refractivity contribution in [2.75, 3.05) is 14.2 Å². The normalized spacial score (nSPS) is 13.2. The van der Waals surface area contributed by atoms with Gasteiger partial charge in [0.1, 0.15) is 9.99 Å². The first-order valence-corrected chi connectivity index (χ1v) is 13.7.